The number of allylic oxidation sites excluding steroid dienone is 11. The number of rotatable bonds is 10. The van der Waals surface area contributed by atoms with Gasteiger partial charge in [0.15, 0.2) is 0 Å². The molecule has 0 saturated carbocycles. The van der Waals surface area contributed by atoms with Crippen molar-refractivity contribution in [2.45, 2.75) is 42.6 Å². The summed E-state index contributed by atoms with van der Waals surface area (Å²) < 4.78 is 0. The van der Waals surface area contributed by atoms with Gasteiger partial charge in [0.25, 0.3) is 0 Å². The minimum absolute atomic E-state index is 0.103. The van der Waals surface area contributed by atoms with Gasteiger partial charge in [0, 0.05) is 40.0 Å². The van der Waals surface area contributed by atoms with Crippen molar-refractivity contribution in [2.24, 2.45) is 0 Å². The Bertz CT molecular complexity index is 2970. The molecule has 2 heteroatoms. The highest BCUT2D eigenvalue weighted by molar-refractivity contribution is 5.81. The largest absolute Gasteiger partial charge is 0.378 e. The van der Waals surface area contributed by atoms with E-state index in [1.54, 1.807) is 0 Å². The van der Waals surface area contributed by atoms with Crippen LogP contribution in [0.2, 0.25) is 0 Å². The van der Waals surface area contributed by atoms with E-state index < -0.39 is 5.41 Å². The number of nitrogens with zero attached hydrogens (tertiary/aromatic N) is 1. The van der Waals surface area contributed by atoms with Crippen LogP contribution < -0.4 is 10.2 Å². The van der Waals surface area contributed by atoms with Gasteiger partial charge in [-0.25, -0.2) is 0 Å². The third-order valence-corrected chi connectivity index (χ3v) is 13.8. The third kappa shape index (κ3) is 7.87. The molecule has 0 spiro atoms. The van der Waals surface area contributed by atoms with Crippen molar-refractivity contribution >= 4 is 28.2 Å². The van der Waals surface area contributed by atoms with Crippen LogP contribution in [0.5, 0.6) is 0 Å². The van der Waals surface area contributed by atoms with E-state index in [1.807, 2.05) is 0 Å². The van der Waals surface area contributed by atoms with Crippen molar-refractivity contribution in [3.05, 3.63) is 305 Å². The highest BCUT2D eigenvalue weighted by Gasteiger charge is 2.45. The van der Waals surface area contributed by atoms with Crippen molar-refractivity contribution in [3.63, 3.8) is 0 Å². The molecule has 2 nitrogen and oxygen atoms in total. The van der Waals surface area contributed by atoms with Crippen LogP contribution in [0, 0.1) is 0 Å². The molecule has 0 amide bonds. The normalized spacial score (nSPS) is 19.4. The zero-order valence-corrected chi connectivity index (χ0v) is 36.5. The summed E-state index contributed by atoms with van der Waals surface area (Å²) in [5.41, 5.74) is 17.3. The summed E-state index contributed by atoms with van der Waals surface area (Å²) in [4.78, 5) is 2.43. The van der Waals surface area contributed by atoms with Gasteiger partial charge >= 0.3 is 0 Å². The Morgan fingerprint density at radius 1 is 0.538 bits per heavy atom. The van der Waals surface area contributed by atoms with Crippen molar-refractivity contribution < 1.29 is 0 Å². The van der Waals surface area contributed by atoms with Crippen LogP contribution in [0.1, 0.15) is 70.0 Å². The molecule has 7 aromatic carbocycles. The van der Waals surface area contributed by atoms with Crippen LogP contribution in [0.4, 0.5) is 17.1 Å². The summed E-state index contributed by atoms with van der Waals surface area (Å²) in [5.74, 6) is 0.444. The molecule has 0 radical (unpaired) electrons. The predicted molar refractivity (Wildman–Crippen MR) is 273 cm³/mol. The highest BCUT2D eigenvalue weighted by atomic mass is 15.1. The molecule has 0 saturated heterocycles. The molecule has 314 valence electrons. The molecule has 3 atom stereocenters. The molecular formula is C63H52N2. The Morgan fingerprint density at radius 3 is 1.86 bits per heavy atom. The fourth-order valence-corrected chi connectivity index (χ4v) is 10.7. The van der Waals surface area contributed by atoms with Crippen molar-refractivity contribution in [1.82, 2.24) is 5.32 Å². The quantitative estimate of drug-likeness (QED) is 0.148. The average molecular weight is 837 g/mol. The fourth-order valence-electron chi connectivity index (χ4n) is 10.7. The summed E-state index contributed by atoms with van der Waals surface area (Å²) in [6.07, 6.45) is 25.8. The van der Waals surface area contributed by atoms with Crippen molar-refractivity contribution in [2.75, 3.05) is 4.90 Å². The Morgan fingerprint density at radius 2 is 1.15 bits per heavy atom. The molecule has 0 heterocycles. The zero-order valence-electron chi connectivity index (χ0n) is 36.5. The van der Waals surface area contributed by atoms with Crippen LogP contribution in [-0.4, -0.2) is 6.04 Å². The highest BCUT2D eigenvalue weighted by Crippen LogP contribution is 2.56. The lowest BCUT2D eigenvalue weighted by Crippen LogP contribution is -2.38. The number of fused-ring (bicyclic) bond motifs is 3. The second kappa shape index (κ2) is 17.8. The molecule has 7 aromatic rings. The molecule has 0 bridgehead atoms. The monoisotopic (exact) mass is 836 g/mol. The van der Waals surface area contributed by atoms with Gasteiger partial charge in [0.2, 0.25) is 0 Å². The average Bonchev–Trinajstić information content (AvgIpc) is 3.68. The van der Waals surface area contributed by atoms with Gasteiger partial charge < -0.3 is 10.2 Å². The molecule has 3 unspecified atom stereocenters. The van der Waals surface area contributed by atoms with Gasteiger partial charge in [0.05, 0.1) is 6.04 Å². The molecule has 11 rings (SSSR count). The lowest BCUT2D eigenvalue weighted by atomic mass is 9.57. The van der Waals surface area contributed by atoms with Crippen molar-refractivity contribution in [3.8, 4) is 0 Å². The van der Waals surface area contributed by atoms with E-state index in [0.29, 0.717) is 0 Å². The lowest BCUT2D eigenvalue weighted by molar-refractivity contribution is 0.524. The molecule has 0 aromatic heterocycles. The third-order valence-electron chi connectivity index (χ3n) is 13.8. The maximum atomic E-state index is 4.07. The van der Waals surface area contributed by atoms with E-state index in [9.17, 15) is 0 Å². The van der Waals surface area contributed by atoms with Crippen LogP contribution in [0.15, 0.2) is 266 Å². The first-order chi connectivity index (χ1) is 32.2. The summed E-state index contributed by atoms with van der Waals surface area (Å²) in [5, 5.41) is 4.07. The Balaban J connectivity index is 1.01. The molecule has 65 heavy (non-hydrogen) atoms. The smallest absolute Gasteiger partial charge is 0.0551 e. The Kier molecular flexibility index (Phi) is 11.0. The number of benzene rings is 7. The van der Waals surface area contributed by atoms with E-state index >= 15 is 0 Å². The second-order valence-electron chi connectivity index (χ2n) is 17.6. The SMILES string of the molecule is C1=CCC=C(c2ccc(N(c3ccccc3)c3ccc4c(c3)C(c3ccccc3)(c3ccccc3)CC3=CC(NC5C=CC(c6ccccc6)=CC5c5ccccc5)=CCC34)cc2)C=C1. The van der Waals surface area contributed by atoms with E-state index in [0.717, 1.165) is 36.3 Å². The Hall–Kier alpha value is -7.68. The number of hydrogen-bond acceptors (Lipinski definition) is 2. The van der Waals surface area contributed by atoms with Crippen molar-refractivity contribution in [1.29, 1.82) is 0 Å². The molecule has 1 N–H and O–H groups in total. The zero-order chi connectivity index (χ0) is 43.4. The first-order valence-corrected chi connectivity index (χ1v) is 23.1. The molecule has 0 fully saturated rings. The minimum Gasteiger partial charge on any atom is -0.378 e. The summed E-state index contributed by atoms with van der Waals surface area (Å²) >= 11 is 0. The fraction of sp³-hybridized carbons (Fsp3) is 0.111. The molecule has 0 aliphatic heterocycles. The van der Waals surface area contributed by atoms with Crippen LogP contribution in [-0.2, 0) is 5.41 Å². The van der Waals surface area contributed by atoms with Gasteiger partial charge in [0.1, 0.15) is 0 Å². The standard InChI is InChI=1S/C63H52N2/c1-2-9-21-46(20-8-1)48-32-36-56(37-33-48)65(55-30-18-7-19-31-55)57-38-40-59-58-39-35-54(64-62-41-34-50(47-22-10-3-11-23-47)43-60(62)49-24-12-4-13-25-49)42-51(58)45-63(61(59)44-57,52-26-14-5-15-27-52)53-28-16-6-17-29-53/h1-8,10-38,40-44,58,60,62,64H,9,39,45H2. The predicted octanol–water partition coefficient (Wildman–Crippen LogP) is 15.5. The van der Waals surface area contributed by atoms with Gasteiger partial charge in [-0.1, -0.05) is 218 Å². The topological polar surface area (TPSA) is 15.3 Å². The van der Waals surface area contributed by atoms with Gasteiger partial charge in [-0.3, -0.25) is 0 Å². The van der Waals surface area contributed by atoms with Crippen LogP contribution >= 0.6 is 0 Å². The van der Waals surface area contributed by atoms with Gasteiger partial charge in [-0.05, 0) is 112 Å². The summed E-state index contributed by atoms with van der Waals surface area (Å²) in [7, 11) is 0. The van der Waals surface area contributed by atoms with E-state index in [1.165, 1.54) is 61.4 Å². The Labute approximate surface area is 384 Å². The number of nitrogens with one attached hydrogen (secondary N) is 1. The minimum atomic E-state index is -0.429. The summed E-state index contributed by atoms with van der Waals surface area (Å²) in [6.45, 7) is 0. The first kappa shape index (κ1) is 40.1. The second-order valence-corrected chi connectivity index (χ2v) is 17.6. The molecule has 4 aliphatic carbocycles. The van der Waals surface area contributed by atoms with Gasteiger partial charge in [-0.2, -0.15) is 0 Å². The van der Waals surface area contributed by atoms with Gasteiger partial charge in [-0.15, -0.1) is 0 Å². The maximum Gasteiger partial charge on any atom is 0.0551 e. The van der Waals surface area contributed by atoms with E-state index in [4.69, 9.17) is 0 Å². The first-order valence-electron chi connectivity index (χ1n) is 23.1. The lowest BCUT2D eigenvalue weighted by Gasteiger charge is -2.46. The molecule has 4 aliphatic rings. The van der Waals surface area contributed by atoms with E-state index in [-0.39, 0.29) is 17.9 Å². The van der Waals surface area contributed by atoms with Crippen LogP contribution in [0.3, 0.4) is 0 Å². The number of anilines is 3. The maximum absolute atomic E-state index is 4.07. The van der Waals surface area contributed by atoms with Crippen LogP contribution in [0.25, 0.3) is 11.1 Å². The summed E-state index contributed by atoms with van der Waals surface area (Å²) in [6, 6.07) is 71.6. The number of hydrogen-bond donors (Lipinski definition) is 1. The van der Waals surface area contributed by atoms with E-state index in [2.05, 4.69) is 265 Å². The molecular weight excluding hydrogens is 785 g/mol. The number of para-hydroxylation sites is 1.